The SMILES string of the molecule is C=C1C2CC3(c4ccccc4)C[C@@H]1C(C(N)=S)(C2)C3. The first kappa shape index (κ1) is 11.7. The summed E-state index contributed by atoms with van der Waals surface area (Å²) in [6, 6.07) is 11.0. The van der Waals surface area contributed by atoms with Crippen LogP contribution in [-0.4, -0.2) is 4.99 Å². The van der Waals surface area contributed by atoms with Crippen LogP contribution in [0.2, 0.25) is 0 Å². The summed E-state index contributed by atoms with van der Waals surface area (Å²) in [5, 5.41) is 0. The van der Waals surface area contributed by atoms with Crippen LogP contribution in [-0.2, 0) is 5.41 Å². The van der Waals surface area contributed by atoms with Gasteiger partial charge in [0.2, 0.25) is 0 Å². The summed E-state index contributed by atoms with van der Waals surface area (Å²) in [6.45, 7) is 4.35. The van der Waals surface area contributed by atoms with Gasteiger partial charge in [0.1, 0.15) is 0 Å². The lowest BCUT2D eigenvalue weighted by atomic mass is 9.63. The lowest BCUT2D eigenvalue weighted by Gasteiger charge is -2.41. The molecule has 4 aliphatic carbocycles. The smallest absolute Gasteiger partial charge is 0.0796 e. The van der Waals surface area contributed by atoms with Gasteiger partial charge < -0.3 is 5.73 Å². The Bertz CT molecular complexity index is 578. The molecule has 19 heavy (non-hydrogen) atoms. The minimum absolute atomic E-state index is 0.0746. The van der Waals surface area contributed by atoms with Crippen molar-refractivity contribution in [3.8, 4) is 0 Å². The topological polar surface area (TPSA) is 26.0 Å². The molecule has 98 valence electrons. The molecule has 0 saturated heterocycles. The second-order valence-corrected chi connectivity index (χ2v) is 7.22. The van der Waals surface area contributed by atoms with E-state index < -0.39 is 0 Å². The van der Waals surface area contributed by atoms with Crippen molar-refractivity contribution in [2.75, 3.05) is 0 Å². The lowest BCUT2D eigenvalue weighted by Crippen LogP contribution is -2.40. The van der Waals surface area contributed by atoms with Crippen molar-refractivity contribution in [3.05, 3.63) is 48.0 Å². The molecule has 0 spiro atoms. The maximum Gasteiger partial charge on any atom is 0.0796 e. The number of hydrogen-bond acceptors (Lipinski definition) is 1. The first-order valence-corrected chi connectivity index (χ1v) is 7.52. The van der Waals surface area contributed by atoms with Crippen LogP contribution in [0.3, 0.4) is 0 Å². The minimum atomic E-state index is 0.0746. The van der Waals surface area contributed by atoms with Crippen molar-refractivity contribution in [1.29, 1.82) is 0 Å². The number of allylic oxidation sites excluding steroid dienone is 1. The summed E-state index contributed by atoms with van der Waals surface area (Å²) in [4.78, 5) is 0.735. The largest absolute Gasteiger partial charge is 0.393 e. The zero-order valence-electron chi connectivity index (χ0n) is 11.1. The number of thiocarbonyl (C=S) groups is 1. The fourth-order valence-electron chi connectivity index (χ4n) is 5.26. The van der Waals surface area contributed by atoms with E-state index in [9.17, 15) is 0 Å². The van der Waals surface area contributed by atoms with Crippen LogP contribution in [0.5, 0.6) is 0 Å². The van der Waals surface area contributed by atoms with Gasteiger partial charge in [-0.1, -0.05) is 54.7 Å². The first-order chi connectivity index (χ1) is 9.07. The van der Waals surface area contributed by atoms with Gasteiger partial charge in [-0.2, -0.15) is 0 Å². The van der Waals surface area contributed by atoms with Crippen LogP contribution in [0, 0.1) is 17.3 Å². The van der Waals surface area contributed by atoms with E-state index in [1.165, 1.54) is 24.0 Å². The Kier molecular flexibility index (Phi) is 2.14. The Morgan fingerprint density at radius 2 is 1.95 bits per heavy atom. The molecule has 0 aliphatic heterocycles. The van der Waals surface area contributed by atoms with Crippen molar-refractivity contribution in [2.24, 2.45) is 23.0 Å². The summed E-state index contributed by atoms with van der Waals surface area (Å²) in [5.41, 5.74) is 9.43. The standard InChI is InChI=1S/C17H19NS/c1-11-12-7-16(13-5-3-2-4-6-13)9-14(11)17(8-12,10-16)15(18)19/h2-6,12,14H,1,7-10H2,(H2,18,19)/t12?,14-,16?,17?/m0/s1. The molecule has 4 bridgehead atoms. The fraction of sp³-hybridized carbons (Fsp3) is 0.471. The molecule has 3 unspecified atom stereocenters. The van der Waals surface area contributed by atoms with Crippen molar-refractivity contribution in [1.82, 2.24) is 0 Å². The van der Waals surface area contributed by atoms with Crippen LogP contribution in [0.25, 0.3) is 0 Å². The number of rotatable bonds is 2. The number of benzene rings is 1. The number of nitrogens with two attached hydrogens (primary N) is 1. The molecule has 0 aromatic heterocycles. The molecular weight excluding hydrogens is 250 g/mol. The van der Waals surface area contributed by atoms with Crippen molar-refractivity contribution in [3.63, 3.8) is 0 Å². The van der Waals surface area contributed by atoms with Gasteiger partial charge in [-0.3, -0.25) is 0 Å². The van der Waals surface area contributed by atoms with Crippen LogP contribution >= 0.6 is 12.2 Å². The van der Waals surface area contributed by atoms with E-state index in [1.54, 1.807) is 0 Å². The lowest BCUT2D eigenvalue weighted by molar-refractivity contribution is 0.238. The van der Waals surface area contributed by atoms with Gasteiger partial charge >= 0.3 is 0 Å². The molecule has 1 nitrogen and oxygen atoms in total. The summed E-state index contributed by atoms with van der Waals surface area (Å²) < 4.78 is 0. The molecule has 0 radical (unpaired) electrons. The quantitative estimate of drug-likeness (QED) is 0.656. The Balaban J connectivity index is 1.85. The molecule has 2 N–H and O–H groups in total. The van der Waals surface area contributed by atoms with E-state index >= 15 is 0 Å². The van der Waals surface area contributed by atoms with Crippen molar-refractivity contribution >= 4 is 17.2 Å². The molecule has 0 heterocycles. The van der Waals surface area contributed by atoms with E-state index in [4.69, 9.17) is 18.0 Å². The van der Waals surface area contributed by atoms with E-state index in [-0.39, 0.29) is 5.41 Å². The Morgan fingerprint density at radius 1 is 1.21 bits per heavy atom. The second kappa shape index (κ2) is 3.49. The van der Waals surface area contributed by atoms with E-state index in [0.717, 1.165) is 17.8 Å². The van der Waals surface area contributed by atoms with Crippen LogP contribution in [0.15, 0.2) is 42.5 Å². The maximum absolute atomic E-state index is 6.15. The highest BCUT2D eigenvalue weighted by Crippen LogP contribution is 2.72. The molecule has 4 aliphatic rings. The fourth-order valence-corrected chi connectivity index (χ4v) is 5.56. The Hall–Kier alpha value is -1.15. The Morgan fingerprint density at radius 3 is 2.58 bits per heavy atom. The summed E-state index contributed by atoms with van der Waals surface area (Å²) >= 11 is 5.45. The van der Waals surface area contributed by atoms with Crippen molar-refractivity contribution < 1.29 is 0 Å². The zero-order chi connectivity index (χ0) is 13.3. The van der Waals surface area contributed by atoms with Gasteiger partial charge in [0.15, 0.2) is 0 Å². The highest BCUT2D eigenvalue weighted by molar-refractivity contribution is 7.80. The number of hydrogen-bond donors (Lipinski definition) is 1. The molecule has 5 rings (SSSR count). The molecule has 1 aromatic rings. The van der Waals surface area contributed by atoms with Gasteiger partial charge in [-0.15, -0.1) is 0 Å². The average molecular weight is 269 g/mol. The van der Waals surface area contributed by atoms with E-state index in [1.807, 2.05) is 0 Å². The van der Waals surface area contributed by atoms with Gasteiger partial charge in [0.05, 0.1) is 4.99 Å². The summed E-state index contributed by atoms with van der Waals surface area (Å²) in [6.07, 6.45) is 4.74. The second-order valence-electron chi connectivity index (χ2n) is 6.78. The third-order valence-corrected chi connectivity index (χ3v) is 6.42. The van der Waals surface area contributed by atoms with Crippen LogP contribution < -0.4 is 5.73 Å². The molecule has 4 fully saturated rings. The molecule has 0 amide bonds. The predicted molar refractivity (Wildman–Crippen MR) is 81.9 cm³/mol. The molecule has 1 aromatic carbocycles. The third kappa shape index (κ3) is 1.28. The van der Waals surface area contributed by atoms with Crippen LogP contribution in [0.4, 0.5) is 0 Å². The third-order valence-electron chi connectivity index (χ3n) is 6.01. The first-order valence-electron chi connectivity index (χ1n) is 7.12. The van der Waals surface area contributed by atoms with Gasteiger partial charge in [-0.25, -0.2) is 0 Å². The van der Waals surface area contributed by atoms with Gasteiger partial charge in [0.25, 0.3) is 0 Å². The predicted octanol–water partition coefficient (Wildman–Crippen LogP) is 3.59. The van der Waals surface area contributed by atoms with Crippen LogP contribution in [0.1, 0.15) is 31.2 Å². The summed E-state index contributed by atoms with van der Waals surface area (Å²) in [7, 11) is 0. The molecule has 2 heteroatoms. The average Bonchev–Trinajstić information content (AvgIpc) is 2.78. The molecule has 4 saturated carbocycles. The zero-order valence-corrected chi connectivity index (χ0v) is 11.9. The van der Waals surface area contributed by atoms with E-state index in [2.05, 4.69) is 36.9 Å². The highest BCUT2D eigenvalue weighted by atomic mass is 32.1. The normalized spacial score (nSPS) is 42.8. The monoisotopic (exact) mass is 269 g/mol. The summed E-state index contributed by atoms with van der Waals surface area (Å²) in [5.74, 6) is 1.16. The molecule has 4 atom stereocenters. The van der Waals surface area contributed by atoms with Gasteiger partial charge in [-0.05, 0) is 48.5 Å². The van der Waals surface area contributed by atoms with E-state index in [0.29, 0.717) is 17.3 Å². The minimum Gasteiger partial charge on any atom is -0.393 e. The van der Waals surface area contributed by atoms with Gasteiger partial charge in [0, 0.05) is 5.41 Å². The maximum atomic E-state index is 6.15. The van der Waals surface area contributed by atoms with Crippen molar-refractivity contribution in [2.45, 2.75) is 31.1 Å². The molecular formula is C17H19NS. The Labute approximate surface area is 119 Å². The highest BCUT2D eigenvalue weighted by Gasteiger charge is 2.66.